The predicted octanol–water partition coefficient (Wildman–Crippen LogP) is 3.92. The first-order valence-electron chi connectivity index (χ1n) is 6.16. The molecule has 1 heterocycles. The number of halogens is 1. The summed E-state index contributed by atoms with van der Waals surface area (Å²) in [4.78, 5) is 5.82. The molecule has 4 heteroatoms. The molecule has 0 saturated heterocycles. The Hall–Kier alpha value is -1.42. The number of nitrogens with zero attached hydrogens (tertiary/aromatic N) is 1. The van der Waals surface area contributed by atoms with Crippen LogP contribution < -0.4 is 5.32 Å². The molecular formula is C14H15FN2S. The van der Waals surface area contributed by atoms with Gasteiger partial charge in [0.15, 0.2) is 5.13 Å². The average Bonchev–Trinajstić information content (AvgIpc) is 2.84. The van der Waals surface area contributed by atoms with E-state index in [1.807, 2.05) is 6.07 Å². The third kappa shape index (κ3) is 2.01. The number of thiazole rings is 1. The summed E-state index contributed by atoms with van der Waals surface area (Å²) in [5.41, 5.74) is 3.10. The summed E-state index contributed by atoms with van der Waals surface area (Å²) in [6.07, 6.45) is 0.881. The largest absolute Gasteiger partial charge is 0.361 e. The molecule has 18 heavy (non-hydrogen) atoms. The highest BCUT2D eigenvalue weighted by atomic mass is 32.1. The number of anilines is 1. The highest BCUT2D eigenvalue weighted by molar-refractivity contribution is 7.16. The van der Waals surface area contributed by atoms with Gasteiger partial charge in [0.2, 0.25) is 0 Å². The van der Waals surface area contributed by atoms with Crippen LogP contribution in [-0.4, -0.2) is 11.5 Å². The second-order valence-electron chi connectivity index (χ2n) is 5.04. The Balaban J connectivity index is 1.90. The zero-order chi connectivity index (χ0) is 12.7. The van der Waals surface area contributed by atoms with Gasteiger partial charge >= 0.3 is 0 Å². The van der Waals surface area contributed by atoms with Crippen molar-refractivity contribution < 1.29 is 4.39 Å². The van der Waals surface area contributed by atoms with Crippen molar-refractivity contribution in [3.63, 3.8) is 0 Å². The summed E-state index contributed by atoms with van der Waals surface area (Å²) < 4.78 is 13.3. The van der Waals surface area contributed by atoms with Gasteiger partial charge in [-0.3, -0.25) is 0 Å². The molecule has 0 saturated carbocycles. The SMILES string of the molecule is CC(C)CNc1nc2c(s1)Cc1ccc(F)cc1-2. The molecule has 2 aromatic rings. The van der Waals surface area contributed by atoms with Gasteiger partial charge in [0.1, 0.15) is 5.82 Å². The van der Waals surface area contributed by atoms with Gasteiger partial charge in [-0.1, -0.05) is 19.9 Å². The molecule has 0 radical (unpaired) electrons. The minimum atomic E-state index is -0.189. The van der Waals surface area contributed by atoms with Gasteiger partial charge < -0.3 is 5.32 Å². The highest BCUT2D eigenvalue weighted by Gasteiger charge is 2.23. The molecule has 1 aromatic carbocycles. The first-order valence-corrected chi connectivity index (χ1v) is 6.97. The molecule has 0 unspecified atom stereocenters. The van der Waals surface area contributed by atoms with Crippen molar-refractivity contribution in [2.24, 2.45) is 5.92 Å². The zero-order valence-electron chi connectivity index (χ0n) is 10.5. The Morgan fingerprint density at radius 3 is 3.06 bits per heavy atom. The van der Waals surface area contributed by atoms with E-state index in [1.54, 1.807) is 17.4 Å². The summed E-state index contributed by atoms with van der Waals surface area (Å²) in [6.45, 7) is 5.25. The molecule has 0 atom stereocenters. The maximum atomic E-state index is 13.3. The Bertz CT molecular complexity index is 589. The van der Waals surface area contributed by atoms with E-state index in [0.29, 0.717) is 5.92 Å². The van der Waals surface area contributed by atoms with Crippen molar-refractivity contribution in [1.82, 2.24) is 4.98 Å². The lowest BCUT2D eigenvalue weighted by Crippen LogP contribution is -2.07. The van der Waals surface area contributed by atoms with Crippen molar-refractivity contribution in [2.45, 2.75) is 20.3 Å². The second-order valence-corrected chi connectivity index (χ2v) is 6.13. The third-order valence-electron chi connectivity index (χ3n) is 3.04. The topological polar surface area (TPSA) is 24.9 Å². The van der Waals surface area contributed by atoms with Crippen LogP contribution in [-0.2, 0) is 6.42 Å². The van der Waals surface area contributed by atoms with Crippen molar-refractivity contribution in [3.05, 3.63) is 34.5 Å². The lowest BCUT2D eigenvalue weighted by molar-refractivity contribution is 0.628. The first kappa shape index (κ1) is 11.7. The number of hydrogen-bond acceptors (Lipinski definition) is 3. The maximum absolute atomic E-state index is 13.3. The van der Waals surface area contributed by atoms with E-state index < -0.39 is 0 Å². The van der Waals surface area contributed by atoms with E-state index in [9.17, 15) is 4.39 Å². The minimum Gasteiger partial charge on any atom is -0.361 e. The van der Waals surface area contributed by atoms with E-state index in [1.165, 1.54) is 16.5 Å². The summed E-state index contributed by atoms with van der Waals surface area (Å²) in [5.74, 6) is 0.403. The molecular weight excluding hydrogens is 247 g/mol. The summed E-state index contributed by atoms with van der Waals surface area (Å²) in [7, 11) is 0. The third-order valence-corrected chi connectivity index (χ3v) is 4.05. The Morgan fingerprint density at radius 2 is 2.28 bits per heavy atom. The second kappa shape index (κ2) is 4.35. The molecule has 2 nitrogen and oxygen atoms in total. The highest BCUT2D eigenvalue weighted by Crippen LogP contribution is 2.41. The van der Waals surface area contributed by atoms with Crippen molar-refractivity contribution in [3.8, 4) is 11.3 Å². The maximum Gasteiger partial charge on any atom is 0.183 e. The first-order chi connectivity index (χ1) is 8.63. The fourth-order valence-electron chi connectivity index (χ4n) is 2.15. The number of hydrogen-bond donors (Lipinski definition) is 1. The van der Waals surface area contributed by atoms with Crippen LogP contribution in [0.3, 0.4) is 0 Å². The fraction of sp³-hybridized carbons (Fsp3) is 0.357. The van der Waals surface area contributed by atoms with Gasteiger partial charge in [-0.15, -0.1) is 11.3 Å². The van der Waals surface area contributed by atoms with Crippen LogP contribution in [0.1, 0.15) is 24.3 Å². The van der Waals surface area contributed by atoms with E-state index in [0.717, 1.165) is 29.4 Å². The van der Waals surface area contributed by atoms with Crippen LogP contribution in [0, 0.1) is 11.7 Å². The van der Waals surface area contributed by atoms with E-state index in [2.05, 4.69) is 24.1 Å². The Morgan fingerprint density at radius 1 is 1.44 bits per heavy atom. The van der Waals surface area contributed by atoms with E-state index in [-0.39, 0.29) is 5.82 Å². The summed E-state index contributed by atoms with van der Waals surface area (Å²) in [6, 6.07) is 4.97. The molecule has 1 N–H and O–H groups in total. The molecule has 1 aliphatic rings. The molecule has 0 fully saturated rings. The number of fused-ring (bicyclic) bond motifs is 3. The van der Waals surface area contributed by atoms with Gasteiger partial charge in [0.05, 0.1) is 5.69 Å². The minimum absolute atomic E-state index is 0.189. The molecule has 1 aromatic heterocycles. The lowest BCUT2D eigenvalue weighted by Gasteiger charge is -2.05. The molecule has 94 valence electrons. The number of aromatic nitrogens is 1. The predicted molar refractivity (Wildman–Crippen MR) is 73.6 cm³/mol. The van der Waals surface area contributed by atoms with Crippen LogP contribution in [0.15, 0.2) is 18.2 Å². The Kier molecular flexibility index (Phi) is 2.82. The molecule has 0 spiro atoms. The molecule has 0 amide bonds. The zero-order valence-corrected chi connectivity index (χ0v) is 11.3. The van der Waals surface area contributed by atoms with Gasteiger partial charge in [-0.25, -0.2) is 9.37 Å². The summed E-state index contributed by atoms with van der Waals surface area (Å²) in [5, 5.41) is 4.28. The lowest BCUT2D eigenvalue weighted by atomic mass is 10.1. The van der Waals surface area contributed by atoms with Crippen LogP contribution in [0.2, 0.25) is 0 Å². The fourth-order valence-corrected chi connectivity index (χ4v) is 3.15. The standard InChI is InChI=1S/C14H15FN2S/c1-8(2)7-16-14-17-13-11-6-10(15)4-3-9(11)5-12(13)18-14/h3-4,6,8H,5,7H2,1-2H3,(H,16,17). The molecule has 0 aliphatic heterocycles. The van der Waals surface area contributed by atoms with Crippen molar-refractivity contribution >= 4 is 16.5 Å². The van der Waals surface area contributed by atoms with Gasteiger partial charge in [0.25, 0.3) is 0 Å². The van der Waals surface area contributed by atoms with Crippen LogP contribution in [0.4, 0.5) is 9.52 Å². The number of benzene rings is 1. The quantitative estimate of drug-likeness (QED) is 0.773. The number of rotatable bonds is 3. The smallest absolute Gasteiger partial charge is 0.183 e. The average molecular weight is 262 g/mol. The van der Waals surface area contributed by atoms with Crippen molar-refractivity contribution in [1.29, 1.82) is 0 Å². The molecule has 0 bridgehead atoms. The van der Waals surface area contributed by atoms with E-state index >= 15 is 0 Å². The Labute approximate surface area is 110 Å². The van der Waals surface area contributed by atoms with Crippen LogP contribution in [0.25, 0.3) is 11.3 Å². The normalized spacial score (nSPS) is 12.7. The van der Waals surface area contributed by atoms with Crippen molar-refractivity contribution in [2.75, 3.05) is 11.9 Å². The monoisotopic (exact) mass is 262 g/mol. The van der Waals surface area contributed by atoms with Crippen LogP contribution in [0.5, 0.6) is 0 Å². The molecule has 1 aliphatic carbocycles. The van der Waals surface area contributed by atoms with Gasteiger partial charge in [-0.05, 0) is 23.6 Å². The number of nitrogens with one attached hydrogen (secondary N) is 1. The summed E-state index contributed by atoms with van der Waals surface area (Å²) >= 11 is 1.68. The van der Waals surface area contributed by atoms with Crippen LogP contribution >= 0.6 is 11.3 Å². The van der Waals surface area contributed by atoms with Gasteiger partial charge in [0, 0.05) is 23.4 Å². The van der Waals surface area contributed by atoms with E-state index in [4.69, 9.17) is 0 Å². The molecule has 3 rings (SSSR count). The van der Waals surface area contributed by atoms with Gasteiger partial charge in [-0.2, -0.15) is 0 Å².